The molecule has 0 spiro atoms. The van der Waals surface area contributed by atoms with Crippen LogP contribution in [0.25, 0.3) is 0 Å². The lowest BCUT2D eigenvalue weighted by Crippen LogP contribution is -2.54. The van der Waals surface area contributed by atoms with Gasteiger partial charge in [-0.05, 0) is 84.9 Å². The molecule has 3 aromatic carbocycles. The molecule has 0 fully saturated rings. The Morgan fingerprint density at radius 3 is 1.64 bits per heavy atom. The molecule has 0 unspecified atom stereocenters. The van der Waals surface area contributed by atoms with Gasteiger partial charge >= 0.3 is 17.9 Å². The third kappa shape index (κ3) is 8.69. The molecule has 13 nitrogen and oxygen atoms in total. The average molecular weight is 654 g/mol. The van der Waals surface area contributed by atoms with E-state index < -0.39 is 47.8 Å². The predicted octanol–water partition coefficient (Wildman–Crippen LogP) is 4.14. The minimum absolute atomic E-state index is 0.0185. The van der Waals surface area contributed by atoms with Crippen LogP contribution >= 0.6 is 23.2 Å². The highest BCUT2D eigenvalue weighted by Gasteiger charge is 2.41. The molecular weight excluding hydrogens is 633 g/mol. The molecule has 0 saturated heterocycles. The van der Waals surface area contributed by atoms with Crippen LogP contribution < -0.4 is 16.2 Å². The summed E-state index contributed by atoms with van der Waals surface area (Å²) in [5.41, 5.74) is 4.19. The quantitative estimate of drug-likeness (QED) is 0.143. The smallest absolute Gasteiger partial charge is 0.349 e. The van der Waals surface area contributed by atoms with Crippen molar-refractivity contribution in [3.05, 3.63) is 124 Å². The van der Waals surface area contributed by atoms with Crippen molar-refractivity contribution in [3.8, 4) is 0 Å². The van der Waals surface area contributed by atoms with Gasteiger partial charge in [0.15, 0.2) is 5.76 Å². The maximum absolute atomic E-state index is 13.1. The number of benzene rings is 3. The van der Waals surface area contributed by atoms with Gasteiger partial charge in [-0.15, -0.1) is 0 Å². The summed E-state index contributed by atoms with van der Waals surface area (Å²) in [6, 6.07) is 18.9. The molecular formula is C30H21Cl2N3O10. The molecule has 3 amide bonds. The van der Waals surface area contributed by atoms with E-state index in [2.05, 4.69) is 10.7 Å². The first-order chi connectivity index (χ1) is 21.5. The van der Waals surface area contributed by atoms with Crippen LogP contribution in [-0.4, -0.2) is 52.9 Å². The molecule has 2 atom stereocenters. The van der Waals surface area contributed by atoms with Crippen LogP contribution in [0, 0.1) is 0 Å². The molecule has 0 saturated carbocycles. The van der Waals surface area contributed by atoms with E-state index in [-0.39, 0.29) is 27.5 Å². The monoisotopic (exact) mass is 653 g/mol. The lowest BCUT2D eigenvalue weighted by Gasteiger charge is -2.23. The molecule has 0 aliphatic rings. The van der Waals surface area contributed by atoms with Gasteiger partial charge in [-0.25, -0.2) is 14.4 Å². The van der Waals surface area contributed by atoms with Crippen LogP contribution in [0.4, 0.5) is 5.69 Å². The van der Waals surface area contributed by atoms with Crippen LogP contribution in [0.3, 0.4) is 0 Å². The highest BCUT2D eigenvalue weighted by molar-refractivity contribution is 6.31. The van der Waals surface area contributed by atoms with Crippen molar-refractivity contribution in [2.45, 2.75) is 12.2 Å². The number of anilines is 1. The van der Waals surface area contributed by atoms with Gasteiger partial charge < -0.3 is 24.3 Å². The van der Waals surface area contributed by atoms with E-state index in [4.69, 9.17) is 37.1 Å². The summed E-state index contributed by atoms with van der Waals surface area (Å²) < 4.78 is 15.2. The number of ether oxygens (including phenoxy) is 2. The lowest BCUT2D eigenvalue weighted by atomic mass is 10.1. The summed E-state index contributed by atoms with van der Waals surface area (Å²) in [5, 5.41) is 13.0. The van der Waals surface area contributed by atoms with Crippen LogP contribution in [0.5, 0.6) is 0 Å². The van der Waals surface area contributed by atoms with Crippen molar-refractivity contribution < 1.29 is 47.8 Å². The maximum atomic E-state index is 13.1. The van der Waals surface area contributed by atoms with E-state index in [9.17, 15) is 33.9 Å². The van der Waals surface area contributed by atoms with E-state index in [1.807, 2.05) is 5.43 Å². The Labute approximate surface area is 264 Å². The first kappa shape index (κ1) is 32.3. The largest absolute Gasteiger partial charge is 0.478 e. The molecule has 45 heavy (non-hydrogen) atoms. The molecule has 4 rings (SSSR count). The number of furan rings is 1. The van der Waals surface area contributed by atoms with Gasteiger partial charge in [0, 0.05) is 21.3 Å². The third-order valence-electron chi connectivity index (χ3n) is 5.85. The average Bonchev–Trinajstić information content (AvgIpc) is 3.58. The number of carboxylic acids is 1. The van der Waals surface area contributed by atoms with Gasteiger partial charge in [-0.3, -0.25) is 25.2 Å². The second-order valence-corrected chi connectivity index (χ2v) is 9.83. The normalized spacial score (nSPS) is 11.8. The number of nitrogens with one attached hydrogen (secondary N) is 3. The summed E-state index contributed by atoms with van der Waals surface area (Å²) in [6.07, 6.45) is -3.29. The zero-order valence-corrected chi connectivity index (χ0v) is 24.2. The number of carbonyl (C=O) groups is 6. The van der Waals surface area contributed by atoms with Crippen LogP contribution in [-0.2, 0) is 19.1 Å². The van der Waals surface area contributed by atoms with E-state index in [1.165, 1.54) is 85.1 Å². The molecule has 0 aliphatic heterocycles. The Kier molecular flexibility index (Phi) is 10.5. The van der Waals surface area contributed by atoms with Gasteiger partial charge in [0.2, 0.25) is 12.2 Å². The van der Waals surface area contributed by atoms with E-state index in [1.54, 1.807) is 6.07 Å². The van der Waals surface area contributed by atoms with Gasteiger partial charge in [-0.2, -0.15) is 0 Å². The first-order valence-corrected chi connectivity index (χ1v) is 13.5. The Balaban J connectivity index is 1.48. The summed E-state index contributed by atoms with van der Waals surface area (Å²) in [5.74, 6) is -6.80. The Hall–Kier alpha value is -5.66. The van der Waals surface area contributed by atoms with E-state index in [0.717, 1.165) is 0 Å². The van der Waals surface area contributed by atoms with Crippen LogP contribution in [0.1, 0.15) is 41.6 Å². The topological polar surface area (TPSA) is 190 Å². The second-order valence-electron chi connectivity index (χ2n) is 8.96. The number of rotatable bonds is 10. The summed E-state index contributed by atoms with van der Waals surface area (Å²) >= 11 is 11.7. The summed E-state index contributed by atoms with van der Waals surface area (Å²) in [6.45, 7) is 0. The molecule has 0 radical (unpaired) electrons. The molecule has 1 aromatic heterocycles. The van der Waals surface area contributed by atoms with Crippen molar-refractivity contribution >= 4 is 64.5 Å². The Bertz CT molecular complexity index is 1710. The van der Waals surface area contributed by atoms with Gasteiger partial charge in [-0.1, -0.05) is 23.2 Å². The number of amides is 3. The standard InChI is InChI=1S/C30H21Cl2N3O10/c31-19-9-3-17(4-10-19)29(41)44-23(24(28(39)40)45-30(42)18-5-11-20(32)12-6-18)27(38)35-34-25(36)16-7-13-21(14-8-16)33-26(37)22-2-1-15-43-22/h1-15,23-24H,(H,33,37)(H,34,36)(H,35,38)(H,39,40)/t23-,24+/m1/s1. The number of carbonyl (C=O) groups excluding carboxylic acids is 5. The zero-order chi connectivity index (χ0) is 32.5. The van der Waals surface area contributed by atoms with Gasteiger partial charge in [0.05, 0.1) is 17.4 Å². The number of esters is 2. The minimum atomic E-state index is -2.35. The Morgan fingerprint density at radius 1 is 0.644 bits per heavy atom. The molecule has 1 heterocycles. The minimum Gasteiger partial charge on any atom is -0.478 e. The first-order valence-electron chi connectivity index (χ1n) is 12.7. The highest BCUT2D eigenvalue weighted by Crippen LogP contribution is 2.17. The van der Waals surface area contributed by atoms with Gasteiger partial charge in [0.25, 0.3) is 17.7 Å². The van der Waals surface area contributed by atoms with Crippen molar-refractivity contribution in [2.75, 3.05) is 5.32 Å². The Morgan fingerprint density at radius 2 is 1.16 bits per heavy atom. The molecule has 15 heteroatoms. The molecule has 4 N–H and O–H groups in total. The van der Waals surface area contributed by atoms with Crippen LogP contribution in [0.15, 0.2) is 95.6 Å². The number of carboxylic acid groups (broad SMARTS) is 1. The van der Waals surface area contributed by atoms with Crippen molar-refractivity contribution in [3.63, 3.8) is 0 Å². The second kappa shape index (κ2) is 14.7. The van der Waals surface area contributed by atoms with E-state index >= 15 is 0 Å². The van der Waals surface area contributed by atoms with Gasteiger partial charge in [0.1, 0.15) is 0 Å². The molecule has 0 aliphatic carbocycles. The predicted molar refractivity (Wildman–Crippen MR) is 158 cm³/mol. The summed E-state index contributed by atoms with van der Waals surface area (Å²) in [7, 11) is 0. The highest BCUT2D eigenvalue weighted by atomic mass is 35.5. The zero-order valence-electron chi connectivity index (χ0n) is 22.7. The molecule has 0 bridgehead atoms. The van der Waals surface area contributed by atoms with Crippen molar-refractivity contribution in [2.24, 2.45) is 0 Å². The third-order valence-corrected chi connectivity index (χ3v) is 6.36. The van der Waals surface area contributed by atoms with E-state index in [0.29, 0.717) is 10.7 Å². The fraction of sp³-hybridized carbons (Fsp3) is 0.0667. The lowest BCUT2D eigenvalue weighted by molar-refractivity contribution is -0.159. The number of hydrogen-bond acceptors (Lipinski definition) is 9. The number of hydrogen-bond donors (Lipinski definition) is 4. The molecule has 230 valence electrons. The number of aliphatic carboxylic acids is 1. The summed E-state index contributed by atoms with van der Waals surface area (Å²) in [4.78, 5) is 75.6. The fourth-order valence-corrected chi connectivity index (χ4v) is 3.85. The number of halogens is 2. The maximum Gasteiger partial charge on any atom is 0.349 e. The van der Waals surface area contributed by atoms with Crippen molar-refractivity contribution in [1.82, 2.24) is 10.9 Å². The molecule has 4 aromatic rings. The number of hydrazine groups is 1. The fourth-order valence-electron chi connectivity index (χ4n) is 3.60. The van der Waals surface area contributed by atoms with Crippen LogP contribution in [0.2, 0.25) is 10.0 Å². The SMILES string of the molecule is O=C(NNC(=O)[C@H](OC(=O)c1ccc(Cl)cc1)[C@H](OC(=O)c1ccc(Cl)cc1)C(=O)O)c1ccc(NC(=O)c2ccco2)cc1. The van der Waals surface area contributed by atoms with Crippen molar-refractivity contribution in [1.29, 1.82) is 0 Å².